The summed E-state index contributed by atoms with van der Waals surface area (Å²) in [5.74, 6) is -0.369. The molecule has 0 unspecified atom stereocenters. The molecule has 2 rings (SSSR count). The molecule has 8 heteroatoms. The van der Waals surface area contributed by atoms with Crippen molar-refractivity contribution >= 4 is 24.5 Å². The highest BCUT2D eigenvalue weighted by atomic mass is 16.5. The molecule has 0 radical (unpaired) electrons. The Morgan fingerprint density at radius 2 is 1.31 bits per heavy atom. The van der Waals surface area contributed by atoms with Crippen molar-refractivity contribution in [1.29, 1.82) is 0 Å². The number of ether oxygens (including phenoxy) is 4. The molecule has 29 heavy (non-hydrogen) atoms. The van der Waals surface area contributed by atoms with E-state index in [0.717, 1.165) is 0 Å². The first kappa shape index (κ1) is 21.6. The smallest absolute Gasteiger partial charge is 0.338 e. The van der Waals surface area contributed by atoms with E-state index >= 15 is 0 Å². The van der Waals surface area contributed by atoms with Crippen LogP contribution in [0.3, 0.4) is 0 Å². The second kappa shape index (κ2) is 10.6. The number of rotatable bonds is 10. The Hall–Kier alpha value is -3.68. The van der Waals surface area contributed by atoms with Crippen molar-refractivity contribution in [2.45, 2.75) is 6.42 Å². The van der Waals surface area contributed by atoms with Gasteiger partial charge in [-0.25, -0.2) is 9.59 Å². The Kier molecular flexibility index (Phi) is 7.90. The highest BCUT2D eigenvalue weighted by Gasteiger charge is 2.14. The van der Waals surface area contributed by atoms with E-state index in [4.69, 9.17) is 9.47 Å². The van der Waals surface area contributed by atoms with Gasteiger partial charge in [-0.1, -0.05) is 0 Å². The third kappa shape index (κ3) is 5.65. The number of carbonyl (C=O) groups excluding carboxylic acids is 4. The Morgan fingerprint density at radius 3 is 1.90 bits per heavy atom. The van der Waals surface area contributed by atoms with E-state index in [1.807, 2.05) is 0 Å². The second-order valence-electron chi connectivity index (χ2n) is 5.77. The summed E-state index contributed by atoms with van der Waals surface area (Å²) in [6.07, 6.45) is 1.64. The number of hydrogen-bond donors (Lipinski definition) is 0. The number of benzene rings is 2. The maximum atomic E-state index is 11.7. The van der Waals surface area contributed by atoms with Gasteiger partial charge >= 0.3 is 11.9 Å². The second-order valence-corrected chi connectivity index (χ2v) is 5.77. The minimum atomic E-state index is -0.623. The molecule has 0 fully saturated rings. The van der Waals surface area contributed by atoms with Crippen LogP contribution in [0.4, 0.5) is 0 Å². The molecule has 0 aliphatic carbocycles. The summed E-state index contributed by atoms with van der Waals surface area (Å²) < 4.78 is 20.4. The zero-order valence-corrected chi connectivity index (χ0v) is 16.0. The first-order chi connectivity index (χ1) is 14.0. The Labute approximate surface area is 167 Å². The summed E-state index contributed by atoms with van der Waals surface area (Å²) in [6.45, 7) is 0.591. The van der Waals surface area contributed by atoms with Gasteiger partial charge in [0.1, 0.15) is 11.5 Å². The van der Waals surface area contributed by atoms with E-state index < -0.39 is 11.9 Å². The van der Waals surface area contributed by atoms with Crippen LogP contribution < -0.4 is 9.47 Å². The van der Waals surface area contributed by atoms with E-state index in [9.17, 15) is 19.2 Å². The molecule has 0 saturated carbocycles. The van der Waals surface area contributed by atoms with Gasteiger partial charge in [-0.05, 0) is 36.4 Å². The molecule has 2 aromatic rings. The van der Waals surface area contributed by atoms with Gasteiger partial charge in [-0.3, -0.25) is 9.59 Å². The first-order valence-corrected chi connectivity index (χ1v) is 8.64. The van der Waals surface area contributed by atoms with Crippen LogP contribution >= 0.6 is 0 Å². The van der Waals surface area contributed by atoms with Crippen LogP contribution in [0.5, 0.6) is 11.5 Å². The van der Waals surface area contributed by atoms with Crippen LogP contribution in [-0.4, -0.2) is 51.9 Å². The zero-order chi connectivity index (χ0) is 21.2. The van der Waals surface area contributed by atoms with Gasteiger partial charge in [0, 0.05) is 17.5 Å². The van der Waals surface area contributed by atoms with Crippen molar-refractivity contribution in [1.82, 2.24) is 0 Å². The Bertz CT molecular complexity index is 904. The molecular weight excluding hydrogens is 380 g/mol. The van der Waals surface area contributed by atoms with Crippen LogP contribution in [0.1, 0.15) is 47.9 Å². The van der Waals surface area contributed by atoms with Crippen LogP contribution in [0.15, 0.2) is 36.4 Å². The van der Waals surface area contributed by atoms with Crippen molar-refractivity contribution < 1.29 is 38.1 Å². The standard InChI is InChI=1S/C21H20O8/c1-26-20(24)18-7-6-16(10-15(18)13-23)28-8-3-9-29-17-5-4-14(12-22)19(11-17)21(25)27-2/h4-7,10-13H,3,8-9H2,1-2H3. The number of carbonyl (C=O) groups is 4. The lowest BCUT2D eigenvalue weighted by atomic mass is 10.1. The summed E-state index contributed by atoms with van der Waals surface area (Å²) in [7, 11) is 2.47. The average molecular weight is 400 g/mol. The van der Waals surface area contributed by atoms with Gasteiger partial charge in [0.05, 0.1) is 38.6 Å². The highest BCUT2D eigenvalue weighted by molar-refractivity contribution is 5.99. The lowest BCUT2D eigenvalue weighted by Gasteiger charge is -2.11. The van der Waals surface area contributed by atoms with E-state index in [1.165, 1.54) is 38.5 Å². The fourth-order valence-corrected chi connectivity index (χ4v) is 2.48. The molecule has 0 atom stereocenters. The van der Waals surface area contributed by atoms with Crippen molar-refractivity contribution in [3.05, 3.63) is 58.7 Å². The molecule has 0 amide bonds. The minimum Gasteiger partial charge on any atom is -0.493 e. The monoisotopic (exact) mass is 400 g/mol. The average Bonchev–Trinajstić information content (AvgIpc) is 2.77. The molecule has 0 aliphatic rings. The van der Waals surface area contributed by atoms with Crippen molar-refractivity contribution in [3.8, 4) is 11.5 Å². The predicted molar refractivity (Wildman–Crippen MR) is 102 cm³/mol. The summed E-state index contributed by atoms with van der Waals surface area (Å²) in [4.78, 5) is 45.4. The fourth-order valence-electron chi connectivity index (χ4n) is 2.48. The number of hydrogen-bond acceptors (Lipinski definition) is 8. The Balaban J connectivity index is 1.89. The molecule has 0 bridgehead atoms. The van der Waals surface area contributed by atoms with E-state index in [2.05, 4.69) is 9.47 Å². The number of methoxy groups -OCH3 is 2. The summed E-state index contributed by atoms with van der Waals surface area (Å²) in [6, 6.07) is 9.00. The molecule has 0 aliphatic heterocycles. The predicted octanol–water partition coefficient (Wildman–Crippen LogP) is 2.73. The number of aldehydes is 2. The lowest BCUT2D eigenvalue weighted by molar-refractivity contribution is 0.0590. The topological polar surface area (TPSA) is 105 Å². The van der Waals surface area contributed by atoms with Gasteiger partial charge in [0.2, 0.25) is 0 Å². The number of esters is 2. The highest BCUT2D eigenvalue weighted by Crippen LogP contribution is 2.19. The molecule has 0 saturated heterocycles. The minimum absolute atomic E-state index is 0.128. The van der Waals surface area contributed by atoms with Crippen molar-refractivity contribution in [2.75, 3.05) is 27.4 Å². The van der Waals surface area contributed by atoms with E-state index in [0.29, 0.717) is 43.7 Å². The molecule has 0 aromatic heterocycles. The third-order valence-corrected chi connectivity index (χ3v) is 3.94. The van der Waals surface area contributed by atoms with Gasteiger partial charge in [-0.15, -0.1) is 0 Å². The first-order valence-electron chi connectivity index (χ1n) is 8.64. The quantitative estimate of drug-likeness (QED) is 0.341. The van der Waals surface area contributed by atoms with Crippen LogP contribution in [0, 0.1) is 0 Å². The summed E-state index contributed by atoms with van der Waals surface area (Å²) in [5, 5.41) is 0. The van der Waals surface area contributed by atoms with Gasteiger partial charge in [0.25, 0.3) is 0 Å². The molecule has 152 valence electrons. The summed E-state index contributed by atoms with van der Waals surface area (Å²) in [5.41, 5.74) is 0.687. The molecular formula is C21H20O8. The van der Waals surface area contributed by atoms with E-state index in [-0.39, 0.29) is 22.3 Å². The van der Waals surface area contributed by atoms with Gasteiger partial charge in [0.15, 0.2) is 12.6 Å². The molecule has 0 spiro atoms. The molecule has 0 N–H and O–H groups in total. The van der Waals surface area contributed by atoms with Gasteiger partial charge < -0.3 is 18.9 Å². The third-order valence-electron chi connectivity index (χ3n) is 3.94. The maximum Gasteiger partial charge on any atom is 0.338 e. The molecule has 0 heterocycles. The molecule has 8 nitrogen and oxygen atoms in total. The zero-order valence-electron chi connectivity index (χ0n) is 16.0. The lowest BCUT2D eigenvalue weighted by Crippen LogP contribution is -2.09. The van der Waals surface area contributed by atoms with Crippen LogP contribution in [0.2, 0.25) is 0 Å². The maximum absolute atomic E-state index is 11.7. The summed E-state index contributed by atoms with van der Waals surface area (Å²) >= 11 is 0. The SMILES string of the molecule is COC(=O)c1ccc(OCCCOc2ccc(C=O)c(C(=O)OC)c2)cc1C=O. The van der Waals surface area contributed by atoms with Gasteiger partial charge in [-0.2, -0.15) is 0 Å². The van der Waals surface area contributed by atoms with Crippen LogP contribution in [0.25, 0.3) is 0 Å². The Morgan fingerprint density at radius 1 is 0.759 bits per heavy atom. The van der Waals surface area contributed by atoms with E-state index in [1.54, 1.807) is 12.1 Å². The normalized spacial score (nSPS) is 10.0. The fraction of sp³-hybridized carbons (Fsp3) is 0.238. The van der Waals surface area contributed by atoms with Crippen molar-refractivity contribution in [3.63, 3.8) is 0 Å². The molecule has 2 aromatic carbocycles. The van der Waals surface area contributed by atoms with Crippen molar-refractivity contribution in [2.24, 2.45) is 0 Å². The van der Waals surface area contributed by atoms with Crippen LogP contribution in [-0.2, 0) is 9.47 Å². The largest absolute Gasteiger partial charge is 0.493 e.